The van der Waals surface area contributed by atoms with Gasteiger partial charge in [0.1, 0.15) is 0 Å². The largest absolute Gasteiger partial charge is 0.504 e. The van der Waals surface area contributed by atoms with E-state index in [1.54, 1.807) is 27.4 Å². The summed E-state index contributed by atoms with van der Waals surface area (Å²) in [4.78, 5) is 2.57. The van der Waals surface area contributed by atoms with Crippen LogP contribution in [-0.4, -0.2) is 50.5 Å². The van der Waals surface area contributed by atoms with E-state index in [4.69, 9.17) is 14.2 Å². The second kappa shape index (κ2) is 7.76. The van der Waals surface area contributed by atoms with Crippen molar-refractivity contribution in [1.29, 1.82) is 0 Å². The van der Waals surface area contributed by atoms with Gasteiger partial charge in [-0.1, -0.05) is 12.1 Å². The zero-order valence-electron chi connectivity index (χ0n) is 16.7. The molecule has 0 aliphatic carbocycles. The number of rotatable bonds is 5. The van der Waals surface area contributed by atoms with E-state index in [-0.39, 0.29) is 5.75 Å². The third-order valence-electron chi connectivity index (χ3n) is 5.92. The number of phenolic OH excluding ortho intramolecular Hbond substituents is 1. The van der Waals surface area contributed by atoms with Crippen molar-refractivity contribution in [1.82, 2.24) is 4.90 Å². The molecule has 1 fully saturated rings. The minimum absolute atomic E-state index is 0.161. The maximum absolute atomic E-state index is 10.0. The topological polar surface area (TPSA) is 51.2 Å². The lowest BCUT2D eigenvalue weighted by Gasteiger charge is -2.34. The van der Waals surface area contributed by atoms with Crippen LogP contribution in [-0.2, 0) is 0 Å². The molecule has 0 saturated carbocycles. The lowest BCUT2D eigenvalue weighted by molar-refractivity contribution is 0.280. The van der Waals surface area contributed by atoms with E-state index in [1.165, 1.54) is 24.0 Å². The maximum Gasteiger partial charge on any atom is 0.161 e. The summed E-state index contributed by atoms with van der Waals surface area (Å²) in [6.07, 6.45) is 3.49. The highest BCUT2D eigenvalue weighted by Gasteiger charge is 2.32. The smallest absolute Gasteiger partial charge is 0.161 e. The molecule has 1 atom stereocenters. The van der Waals surface area contributed by atoms with E-state index < -0.39 is 0 Å². The zero-order chi connectivity index (χ0) is 19.7. The van der Waals surface area contributed by atoms with E-state index >= 15 is 0 Å². The molecule has 4 rings (SSSR count). The number of nitrogens with zero attached hydrogens (tertiary/aromatic N) is 1. The third-order valence-corrected chi connectivity index (χ3v) is 5.92. The van der Waals surface area contributed by atoms with Crippen LogP contribution < -0.4 is 14.2 Å². The summed E-state index contributed by atoms with van der Waals surface area (Å²) in [6.45, 7) is 2.05. The monoisotopic (exact) mass is 381 g/mol. The van der Waals surface area contributed by atoms with Gasteiger partial charge in [-0.3, -0.25) is 4.90 Å². The fourth-order valence-corrected chi connectivity index (χ4v) is 4.44. The number of phenols is 1. The quantitative estimate of drug-likeness (QED) is 0.841. The highest BCUT2D eigenvalue weighted by molar-refractivity contribution is 5.93. The standard InChI is InChI=1S/C23H27NO4/c1-26-21-9-7-15(12-23(21)28-3)18-13-17-5-4-10-24(17)14-19(18)16-6-8-20(25)22(11-16)27-2/h6-9,11-12,17,25H,4-5,10,13-14H2,1-3H3/t17-/m0/s1. The number of methoxy groups -OCH3 is 3. The van der Waals surface area contributed by atoms with E-state index in [0.29, 0.717) is 11.8 Å². The van der Waals surface area contributed by atoms with Gasteiger partial charge >= 0.3 is 0 Å². The summed E-state index contributed by atoms with van der Waals surface area (Å²) in [5.41, 5.74) is 4.86. The van der Waals surface area contributed by atoms with Gasteiger partial charge in [0, 0.05) is 12.6 Å². The first kappa shape index (κ1) is 18.7. The highest BCUT2D eigenvalue weighted by atomic mass is 16.5. The summed E-state index contributed by atoms with van der Waals surface area (Å²) in [6, 6.07) is 12.4. The molecule has 2 aliphatic heterocycles. The molecule has 0 spiro atoms. The summed E-state index contributed by atoms with van der Waals surface area (Å²) >= 11 is 0. The molecule has 0 aromatic heterocycles. The zero-order valence-corrected chi connectivity index (χ0v) is 16.7. The second-order valence-corrected chi connectivity index (χ2v) is 7.38. The Hall–Kier alpha value is -2.66. The SMILES string of the molecule is COc1cc(C2=C(c3ccc(OC)c(OC)c3)C[C@@H]3CCCN3C2)ccc1O. The Bertz CT molecular complexity index is 905. The summed E-state index contributed by atoms with van der Waals surface area (Å²) in [5, 5.41) is 10.0. The molecule has 148 valence electrons. The van der Waals surface area contributed by atoms with Crippen LogP contribution in [0.15, 0.2) is 36.4 Å². The Kier molecular flexibility index (Phi) is 5.18. The van der Waals surface area contributed by atoms with Gasteiger partial charge in [-0.15, -0.1) is 0 Å². The maximum atomic E-state index is 10.0. The van der Waals surface area contributed by atoms with Crippen molar-refractivity contribution in [2.45, 2.75) is 25.3 Å². The fourth-order valence-electron chi connectivity index (χ4n) is 4.44. The number of hydrogen-bond donors (Lipinski definition) is 1. The predicted octanol–water partition coefficient (Wildman–Crippen LogP) is 4.20. The Morgan fingerprint density at radius 2 is 1.54 bits per heavy atom. The van der Waals surface area contributed by atoms with Crippen LogP contribution in [0.4, 0.5) is 0 Å². The molecule has 0 radical (unpaired) electrons. The molecule has 2 aromatic rings. The van der Waals surface area contributed by atoms with Gasteiger partial charge < -0.3 is 19.3 Å². The van der Waals surface area contributed by atoms with Gasteiger partial charge in [-0.2, -0.15) is 0 Å². The predicted molar refractivity (Wildman–Crippen MR) is 110 cm³/mol. The molecule has 2 aromatic carbocycles. The van der Waals surface area contributed by atoms with Crippen molar-refractivity contribution in [2.24, 2.45) is 0 Å². The van der Waals surface area contributed by atoms with Crippen LogP contribution in [0.25, 0.3) is 11.1 Å². The molecule has 5 heteroatoms. The Balaban J connectivity index is 1.84. The molecular formula is C23H27NO4. The van der Waals surface area contributed by atoms with Crippen molar-refractivity contribution < 1.29 is 19.3 Å². The van der Waals surface area contributed by atoms with Crippen molar-refractivity contribution in [3.63, 3.8) is 0 Å². The Labute approximate surface area is 166 Å². The Morgan fingerprint density at radius 1 is 0.857 bits per heavy atom. The molecular weight excluding hydrogens is 354 g/mol. The van der Waals surface area contributed by atoms with Gasteiger partial charge in [0.15, 0.2) is 23.0 Å². The van der Waals surface area contributed by atoms with E-state index in [9.17, 15) is 5.11 Å². The average molecular weight is 381 g/mol. The summed E-state index contributed by atoms with van der Waals surface area (Å²) in [7, 11) is 4.91. The second-order valence-electron chi connectivity index (χ2n) is 7.38. The Morgan fingerprint density at radius 3 is 2.29 bits per heavy atom. The number of hydrogen-bond acceptors (Lipinski definition) is 5. The normalized spacial score (nSPS) is 19.5. The summed E-state index contributed by atoms with van der Waals surface area (Å²) in [5.74, 6) is 2.14. The lowest BCUT2D eigenvalue weighted by atomic mass is 9.86. The number of benzene rings is 2. The molecule has 1 N–H and O–H groups in total. The lowest BCUT2D eigenvalue weighted by Crippen LogP contribution is -2.35. The number of aromatic hydroxyl groups is 1. The molecule has 28 heavy (non-hydrogen) atoms. The third kappa shape index (κ3) is 3.31. The van der Waals surface area contributed by atoms with E-state index in [1.807, 2.05) is 18.2 Å². The first-order valence-corrected chi connectivity index (χ1v) is 9.70. The first-order valence-electron chi connectivity index (χ1n) is 9.70. The van der Waals surface area contributed by atoms with Crippen LogP contribution >= 0.6 is 0 Å². The van der Waals surface area contributed by atoms with Crippen molar-refractivity contribution in [3.05, 3.63) is 47.5 Å². The molecule has 2 aliphatic rings. The number of ether oxygens (including phenoxy) is 3. The van der Waals surface area contributed by atoms with Crippen molar-refractivity contribution in [3.8, 4) is 23.0 Å². The molecule has 0 amide bonds. The van der Waals surface area contributed by atoms with Gasteiger partial charge in [-0.25, -0.2) is 0 Å². The van der Waals surface area contributed by atoms with Gasteiger partial charge in [-0.05, 0) is 72.3 Å². The minimum atomic E-state index is 0.161. The molecule has 0 unspecified atom stereocenters. The van der Waals surface area contributed by atoms with Crippen LogP contribution in [0, 0.1) is 0 Å². The van der Waals surface area contributed by atoms with Crippen molar-refractivity contribution >= 4 is 11.1 Å². The van der Waals surface area contributed by atoms with Crippen LogP contribution in [0.2, 0.25) is 0 Å². The minimum Gasteiger partial charge on any atom is -0.504 e. The van der Waals surface area contributed by atoms with Crippen LogP contribution in [0.1, 0.15) is 30.4 Å². The van der Waals surface area contributed by atoms with E-state index in [2.05, 4.69) is 17.0 Å². The average Bonchev–Trinajstić information content (AvgIpc) is 3.20. The molecule has 2 heterocycles. The number of fused-ring (bicyclic) bond motifs is 1. The van der Waals surface area contributed by atoms with E-state index in [0.717, 1.165) is 42.1 Å². The molecule has 5 nitrogen and oxygen atoms in total. The van der Waals surface area contributed by atoms with Crippen LogP contribution in [0.3, 0.4) is 0 Å². The van der Waals surface area contributed by atoms with Gasteiger partial charge in [0.05, 0.1) is 21.3 Å². The fraction of sp³-hybridized carbons (Fsp3) is 0.391. The highest BCUT2D eigenvalue weighted by Crippen LogP contribution is 2.43. The first-order chi connectivity index (χ1) is 13.6. The van der Waals surface area contributed by atoms with Gasteiger partial charge in [0.25, 0.3) is 0 Å². The van der Waals surface area contributed by atoms with Gasteiger partial charge in [0.2, 0.25) is 0 Å². The van der Waals surface area contributed by atoms with Crippen molar-refractivity contribution in [2.75, 3.05) is 34.4 Å². The molecule has 0 bridgehead atoms. The van der Waals surface area contributed by atoms with Crippen LogP contribution in [0.5, 0.6) is 23.0 Å². The molecule has 1 saturated heterocycles. The summed E-state index contributed by atoms with van der Waals surface area (Å²) < 4.78 is 16.3.